The summed E-state index contributed by atoms with van der Waals surface area (Å²) >= 11 is 11.9. The van der Waals surface area contributed by atoms with E-state index in [4.69, 9.17) is 38.4 Å². The van der Waals surface area contributed by atoms with E-state index >= 15 is 0 Å². The predicted octanol–water partition coefficient (Wildman–Crippen LogP) is 4.16. The lowest BCUT2D eigenvalue weighted by atomic mass is 10.2. The van der Waals surface area contributed by atoms with Crippen LogP contribution in [-0.2, 0) is 6.61 Å². The SMILES string of the molecule is COc1ccc(COc2cc(Cl)ccc2Cl)cc1N. The van der Waals surface area contributed by atoms with Crippen LogP contribution in [0.4, 0.5) is 5.69 Å². The number of halogens is 2. The van der Waals surface area contributed by atoms with Gasteiger partial charge in [-0.1, -0.05) is 29.3 Å². The topological polar surface area (TPSA) is 44.5 Å². The molecule has 0 fully saturated rings. The molecule has 0 unspecified atom stereocenters. The zero-order chi connectivity index (χ0) is 13.8. The van der Waals surface area contributed by atoms with E-state index in [9.17, 15) is 0 Å². The van der Waals surface area contributed by atoms with Gasteiger partial charge in [-0.3, -0.25) is 0 Å². The van der Waals surface area contributed by atoms with E-state index in [1.54, 1.807) is 37.4 Å². The van der Waals surface area contributed by atoms with E-state index in [0.29, 0.717) is 33.8 Å². The van der Waals surface area contributed by atoms with E-state index in [-0.39, 0.29) is 0 Å². The molecule has 2 N–H and O–H groups in total. The second-order valence-electron chi connectivity index (χ2n) is 3.94. The fourth-order valence-electron chi connectivity index (χ4n) is 1.62. The first kappa shape index (κ1) is 13.8. The summed E-state index contributed by atoms with van der Waals surface area (Å²) in [6, 6.07) is 10.6. The second kappa shape index (κ2) is 6.04. The molecule has 0 atom stereocenters. The van der Waals surface area contributed by atoms with Crippen LogP contribution in [0.3, 0.4) is 0 Å². The molecule has 19 heavy (non-hydrogen) atoms. The minimum absolute atomic E-state index is 0.355. The summed E-state index contributed by atoms with van der Waals surface area (Å²) < 4.78 is 10.7. The molecule has 0 aliphatic carbocycles. The molecule has 3 nitrogen and oxygen atoms in total. The quantitative estimate of drug-likeness (QED) is 0.862. The summed E-state index contributed by atoms with van der Waals surface area (Å²) in [5.74, 6) is 1.19. The van der Waals surface area contributed by atoms with E-state index in [2.05, 4.69) is 0 Å². The van der Waals surface area contributed by atoms with Gasteiger partial charge in [0.05, 0.1) is 17.8 Å². The van der Waals surface area contributed by atoms with Crippen LogP contribution in [0.1, 0.15) is 5.56 Å². The van der Waals surface area contributed by atoms with Crippen LogP contribution in [-0.4, -0.2) is 7.11 Å². The molecule has 2 aromatic carbocycles. The van der Waals surface area contributed by atoms with Crippen LogP contribution < -0.4 is 15.2 Å². The summed E-state index contributed by atoms with van der Waals surface area (Å²) in [4.78, 5) is 0. The first-order valence-electron chi connectivity index (χ1n) is 5.60. The summed E-state index contributed by atoms with van der Waals surface area (Å²) in [5, 5.41) is 1.10. The van der Waals surface area contributed by atoms with Gasteiger partial charge >= 0.3 is 0 Å². The van der Waals surface area contributed by atoms with Crippen molar-refractivity contribution in [3.05, 3.63) is 52.0 Å². The number of benzene rings is 2. The molecule has 0 spiro atoms. The van der Waals surface area contributed by atoms with Crippen molar-refractivity contribution in [3.63, 3.8) is 0 Å². The standard InChI is InChI=1S/C14H13Cl2NO2/c1-18-13-5-2-9(6-12(13)17)8-19-14-7-10(15)3-4-11(14)16/h2-7H,8,17H2,1H3. The highest BCUT2D eigenvalue weighted by Crippen LogP contribution is 2.29. The summed E-state index contributed by atoms with van der Waals surface area (Å²) in [5.41, 5.74) is 7.32. The Balaban J connectivity index is 2.10. The van der Waals surface area contributed by atoms with Crippen LogP contribution in [0.15, 0.2) is 36.4 Å². The highest BCUT2D eigenvalue weighted by molar-refractivity contribution is 6.34. The molecule has 0 aliphatic rings. The Hall–Kier alpha value is -1.58. The van der Waals surface area contributed by atoms with Crippen molar-refractivity contribution in [2.75, 3.05) is 12.8 Å². The van der Waals surface area contributed by atoms with Gasteiger partial charge in [-0.2, -0.15) is 0 Å². The lowest BCUT2D eigenvalue weighted by Gasteiger charge is -2.10. The number of methoxy groups -OCH3 is 1. The number of ether oxygens (including phenoxy) is 2. The van der Waals surface area contributed by atoms with Gasteiger partial charge < -0.3 is 15.2 Å². The largest absolute Gasteiger partial charge is 0.495 e. The van der Waals surface area contributed by atoms with Gasteiger partial charge in [0.2, 0.25) is 0 Å². The Morgan fingerprint density at radius 1 is 1.05 bits per heavy atom. The molecule has 0 saturated carbocycles. The molecule has 2 rings (SSSR count). The number of nitrogens with two attached hydrogens (primary N) is 1. The van der Waals surface area contributed by atoms with Crippen LogP contribution in [0.2, 0.25) is 10.0 Å². The van der Waals surface area contributed by atoms with Gasteiger partial charge in [0, 0.05) is 11.1 Å². The molecule has 0 saturated heterocycles. The second-order valence-corrected chi connectivity index (χ2v) is 4.78. The van der Waals surface area contributed by atoms with Crippen molar-refractivity contribution >= 4 is 28.9 Å². The van der Waals surface area contributed by atoms with Crippen LogP contribution >= 0.6 is 23.2 Å². The summed E-state index contributed by atoms with van der Waals surface area (Å²) in [6.45, 7) is 0.355. The minimum atomic E-state index is 0.355. The van der Waals surface area contributed by atoms with E-state index in [0.717, 1.165) is 5.56 Å². The van der Waals surface area contributed by atoms with Crippen molar-refractivity contribution in [1.29, 1.82) is 0 Å². The Morgan fingerprint density at radius 3 is 2.53 bits per heavy atom. The average molecular weight is 298 g/mol. The average Bonchev–Trinajstić information content (AvgIpc) is 2.40. The Kier molecular flexibility index (Phi) is 4.40. The van der Waals surface area contributed by atoms with Crippen LogP contribution in [0.25, 0.3) is 0 Å². The zero-order valence-corrected chi connectivity index (χ0v) is 11.8. The Morgan fingerprint density at radius 2 is 1.84 bits per heavy atom. The number of nitrogen functional groups attached to an aromatic ring is 1. The molecule has 0 aromatic heterocycles. The number of rotatable bonds is 4. The summed E-state index contributed by atoms with van der Waals surface area (Å²) in [7, 11) is 1.58. The van der Waals surface area contributed by atoms with Crippen molar-refractivity contribution in [3.8, 4) is 11.5 Å². The number of hydrogen-bond donors (Lipinski definition) is 1. The molecular formula is C14H13Cl2NO2. The number of anilines is 1. The normalized spacial score (nSPS) is 10.3. The van der Waals surface area contributed by atoms with Gasteiger partial charge in [0.1, 0.15) is 18.1 Å². The lowest BCUT2D eigenvalue weighted by Crippen LogP contribution is -1.99. The third kappa shape index (κ3) is 3.46. The van der Waals surface area contributed by atoms with Crippen molar-refractivity contribution < 1.29 is 9.47 Å². The van der Waals surface area contributed by atoms with Gasteiger partial charge in [0.15, 0.2) is 0 Å². The summed E-state index contributed by atoms with van der Waals surface area (Å²) in [6.07, 6.45) is 0. The maximum atomic E-state index is 6.01. The lowest BCUT2D eigenvalue weighted by molar-refractivity contribution is 0.306. The smallest absolute Gasteiger partial charge is 0.141 e. The molecule has 0 heterocycles. The Bertz CT molecular complexity index is 588. The van der Waals surface area contributed by atoms with Crippen molar-refractivity contribution in [2.45, 2.75) is 6.61 Å². The van der Waals surface area contributed by atoms with Gasteiger partial charge in [0.25, 0.3) is 0 Å². The monoisotopic (exact) mass is 297 g/mol. The molecule has 0 amide bonds. The van der Waals surface area contributed by atoms with Crippen molar-refractivity contribution in [1.82, 2.24) is 0 Å². The molecule has 0 radical (unpaired) electrons. The van der Waals surface area contributed by atoms with Crippen LogP contribution in [0, 0.1) is 0 Å². The Labute approximate surface area is 121 Å². The molecule has 0 bridgehead atoms. The van der Waals surface area contributed by atoms with E-state index in [1.807, 2.05) is 6.07 Å². The first-order valence-corrected chi connectivity index (χ1v) is 6.36. The number of hydrogen-bond acceptors (Lipinski definition) is 3. The third-order valence-corrected chi connectivity index (χ3v) is 3.13. The zero-order valence-electron chi connectivity index (χ0n) is 10.3. The molecule has 100 valence electrons. The first-order chi connectivity index (χ1) is 9.10. The van der Waals surface area contributed by atoms with Crippen LogP contribution in [0.5, 0.6) is 11.5 Å². The van der Waals surface area contributed by atoms with E-state index in [1.165, 1.54) is 0 Å². The maximum absolute atomic E-state index is 6.01. The molecule has 0 aliphatic heterocycles. The highest BCUT2D eigenvalue weighted by atomic mass is 35.5. The fraction of sp³-hybridized carbons (Fsp3) is 0.143. The highest BCUT2D eigenvalue weighted by Gasteiger charge is 2.05. The molecule has 2 aromatic rings. The van der Waals surface area contributed by atoms with Gasteiger partial charge in [-0.05, 0) is 29.8 Å². The molecular weight excluding hydrogens is 285 g/mol. The minimum Gasteiger partial charge on any atom is -0.495 e. The molecule has 5 heteroatoms. The maximum Gasteiger partial charge on any atom is 0.141 e. The predicted molar refractivity (Wildman–Crippen MR) is 78.2 cm³/mol. The van der Waals surface area contributed by atoms with Gasteiger partial charge in [-0.15, -0.1) is 0 Å². The van der Waals surface area contributed by atoms with Gasteiger partial charge in [-0.25, -0.2) is 0 Å². The third-order valence-electron chi connectivity index (χ3n) is 2.58. The fourth-order valence-corrected chi connectivity index (χ4v) is 1.96. The van der Waals surface area contributed by atoms with E-state index < -0.39 is 0 Å². The van der Waals surface area contributed by atoms with Crippen molar-refractivity contribution in [2.24, 2.45) is 0 Å².